The van der Waals surface area contributed by atoms with Crippen LogP contribution >= 0.6 is 12.2 Å². The molecule has 96 valence electrons. The maximum Gasteiger partial charge on any atom is 0.174 e. The summed E-state index contributed by atoms with van der Waals surface area (Å²) in [7, 11) is 0. The Morgan fingerprint density at radius 3 is 2.89 bits per heavy atom. The molecule has 0 bridgehead atoms. The maximum absolute atomic E-state index is 5.03. The van der Waals surface area contributed by atoms with Crippen molar-refractivity contribution in [2.45, 2.75) is 19.8 Å². The van der Waals surface area contributed by atoms with Gasteiger partial charge in [-0.15, -0.1) is 0 Å². The molecular formula is C15H15N3S. The van der Waals surface area contributed by atoms with Gasteiger partial charge in [-0.1, -0.05) is 18.2 Å². The number of rotatable bonds is 3. The van der Waals surface area contributed by atoms with Crippen LogP contribution in [0, 0.1) is 11.7 Å². The zero-order valence-electron chi connectivity index (χ0n) is 10.7. The van der Waals surface area contributed by atoms with Crippen molar-refractivity contribution in [2.75, 3.05) is 0 Å². The number of imidazole rings is 1. The summed E-state index contributed by atoms with van der Waals surface area (Å²) in [5, 5.41) is 1.20. The second kappa shape index (κ2) is 4.97. The number of H-pyrrole nitrogens is 2. The maximum atomic E-state index is 5.03. The normalized spacial score (nSPS) is 11.0. The summed E-state index contributed by atoms with van der Waals surface area (Å²) in [5.74, 6) is 0. The highest BCUT2D eigenvalue weighted by atomic mass is 32.1. The Morgan fingerprint density at radius 2 is 2.11 bits per heavy atom. The average Bonchev–Trinajstić information content (AvgIpc) is 2.84. The molecule has 0 spiro atoms. The van der Waals surface area contributed by atoms with Gasteiger partial charge in [-0.25, -0.2) is 0 Å². The van der Waals surface area contributed by atoms with Crippen LogP contribution in [0.1, 0.15) is 16.8 Å². The van der Waals surface area contributed by atoms with E-state index in [9.17, 15) is 0 Å². The van der Waals surface area contributed by atoms with E-state index in [1.807, 2.05) is 18.5 Å². The molecule has 0 aliphatic heterocycles. The van der Waals surface area contributed by atoms with E-state index in [1.54, 1.807) is 0 Å². The molecule has 2 N–H and O–H groups in total. The number of hydrogen-bond acceptors (Lipinski definition) is 2. The average molecular weight is 269 g/mol. The minimum absolute atomic E-state index is 0.687. The van der Waals surface area contributed by atoms with Gasteiger partial charge in [0.1, 0.15) is 0 Å². The Bertz CT molecular complexity index is 770. The van der Waals surface area contributed by atoms with Crippen molar-refractivity contribution in [1.82, 2.24) is 15.0 Å². The molecule has 0 saturated carbocycles. The first-order valence-electron chi connectivity index (χ1n) is 6.34. The molecule has 0 unspecified atom stereocenters. The van der Waals surface area contributed by atoms with Crippen LogP contribution in [-0.2, 0) is 12.8 Å². The summed E-state index contributed by atoms with van der Waals surface area (Å²) in [5.41, 5.74) is 4.85. The second-order valence-corrected chi connectivity index (χ2v) is 5.10. The summed E-state index contributed by atoms with van der Waals surface area (Å²) < 4.78 is 0.687. The summed E-state index contributed by atoms with van der Waals surface area (Å²) in [4.78, 5) is 10.6. The Kier molecular flexibility index (Phi) is 3.17. The fraction of sp³-hybridized carbons (Fsp3) is 0.200. The highest BCUT2D eigenvalue weighted by molar-refractivity contribution is 7.71. The third kappa shape index (κ3) is 2.44. The molecule has 3 nitrogen and oxygen atoms in total. The molecule has 0 aliphatic rings. The predicted octanol–water partition coefficient (Wildman–Crippen LogP) is 3.71. The Morgan fingerprint density at radius 1 is 1.21 bits per heavy atom. The molecule has 3 aromatic rings. The van der Waals surface area contributed by atoms with Gasteiger partial charge in [-0.3, -0.25) is 4.98 Å². The standard InChI is InChI=1S/C15H15N3S/c1-10-11(6-7-13-9-17-15(19)18-13)4-5-12-3-2-8-16-14(10)12/h2-5,8-9H,6-7H2,1H3,(H2,17,18,19). The molecule has 2 heterocycles. The number of nitrogens with one attached hydrogen (secondary N) is 2. The monoisotopic (exact) mass is 269 g/mol. The Hall–Kier alpha value is -1.94. The van der Waals surface area contributed by atoms with Crippen LogP contribution in [0.4, 0.5) is 0 Å². The van der Waals surface area contributed by atoms with Crippen molar-refractivity contribution < 1.29 is 0 Å². The lowest BCUT2D eigenvalue weighted by Crippen LogP contribution is -1.96. The van der Waals surface area contributed by atoms with E-state index < -0.39 is 0 Å². The highest BCUT2D eigenvalue weighted by Gasteiger charge is 2.05. The van der Waals surface area contributed by atoms with Crippen LogP contribution in [0.25, 0.3) is 10.9 Å². The van der Waals surface area contributed by atoms with E-state index >= 15 is 0 Å². The number of aromatic amines is 2. The molecule has 0 fully saturated rings. The summed E-state index contributed by atoms with van der Waals surface area (Å²) in [6.07, 6.45) is 5.73. The van der Waals surface area contributed by atoms with Gasteiger partial charge in [0.15, 0.2) is 4.77 Å². The molecule has 2 aromatic heterocycles. The van der Waals surface area contributed by atoms with Crippen LogP contribution in [0.5, 0.6) is 0 Å². The second-order valence-electron chi connectivity index (χ2n) is 4.69. The first-order valence-corrected chi connectivity index (χ1v) is 6.74. The molecule has 3 rings (SSSR count). The lowest BCUT2D eigenvalue weighted by atomic mass is 10.00. The molecule has 0 radical (unpaired) electrons. The largest absolute Gasteiger partial charge is 0.337 e. The highest BCUT2D eigenvalue weighted by Crippen LogP contribution is 2.20. The number of aryl methyl sites for hydroxylation is 3. The van der Waals surface area contributed by atoms with Crippen LogP contribution in [0.2, 0.25) is 0 Å². The van der Waals surface area contributed by atoms with Gasteiger partial charge in [0, 0.05) is 23.5 Å². The number of benzene rings is 1. The van der Waals surface area contributed by atoms with Crippen molar-refractivity contribution >= 4 is 23.1 Å². The quantitative estimate of drug-likeness (QED) is 0.712. The molecule has 4 heteroatoms. The third-order valence-corrected chi connectivity index (χ3v) is 3.68. The van der Waals surface area contributed by atoms with E-state index in [4.69, 9.17) is 12.2 Å². The van der Waals surface area contributed by atoms with E-state index in [-0.39, 0.29) is 0 Å². The SMILES string of the molecule is Cc1c(CCc2c[nH]c(=S)[nH]2)ccc2cccnc12. The van der Waals surface area contributed by atoms with Crippen molar-refractivity contribution in [3.63, 3.8) is 0 Å². The van der Waals surface area contributed by atoms with Gasteiger partial charge >= 0.3 is 0 Å². The molecule has 1 aromatic carbocycles. The summed E-state index contributed by atoms with van der Waals surface area (Å²) in [6.45, 7) is 2.14. The summed E-state index contributed by atoms with van der Waals surface area (Å²) in [6, 6.07) is 8.41. The van der Waals surface area contributed by atoms with Gasteiger partial charge in [-0.2, -0.15) is 0 Å². The fourth-order valence-electron chi connectivity index (χ4n) is 2.38. The lowest BCUT2D eigenvalue weighted by Gasteiger charge is -2.08. The van der Waals surface area contributed by atoms with Gasteiger partial charge in [0.2, 0.25) is 0 Å². The third-order valence-electron chi connectivity index (χ3n) is 3.46. The van der Waals surface area contributed by atoms with Crippen LogP contribution in [0.3, 0.4) is 0 Å². The molecule has 0 saturated heterocycles. The topological polar surface area (TPSA) is 44.5 Å². The van der Waals surface area contributed by atoms with Crippen molar-refractivity contribution in [3.05, 3.63) is 58.3 Å². The van der Waals surface area contributed by atoms with E-state index in [0.717, 1.165) is 24.1 Å². The van der Waals surface area contributed by atoms with Gasteiger partial charge in [0.25, 0.3) is 0 Å². The van der Waals surface area contributed by atoms with Crippen molar-refractivity contribution in [2.24, 2.45) is 0 Å². The van der Waals surface area contributed by atoms with Gasteiger partial charge < -0.3 is 9.97 Å². The molecule has 0 aliphatic carbocycles. The summed E-state index contributed by atoms with van der Waals surface area (Å²) >= 11 is 5.03. The Labute approximate surface area is 116 Å². The number of hydrogen-bond donors (Lipinski definition) is 2. The molecular weight excluding hydrogens is 254 g/mol. The number of aromatic nitrogens is 3. The first-order chi connectivity index (χ1) is 9.24. The zero-order chi connectivity index (χ0) is 13.2. The molecule has 19 heavy (non-hydrogen) atoms. The minimum atomic E-state index is 0.687. The van der Waals surface area contributed by atoms with E-state index in [2.05, 4.69) is 40.1 Å². The number of pyridine rings is 1. The number of nitrogens with zero attached hydrogens (tertiary/aromatic N) is 1. The van der Waals surface area contributed by atoms with E-state index in [0.29, 0.717) is 4.77 Å². The van der Waals surface area contributed by atoms with Crippen molar-refractivity contribution in [3.8, 4) is 0 Å². The fourth-order valence-corrected chi connectivity index (χ4v) is 2.57. The van der Waals surface area contributed by atoms with E-state index in [1.165, 1.54) is 16.5 Å². The number of fused-ring (bicyclic) bond motifs is 1. The smallest absolute Gasteiger partial charge is 0.174 e. The first kappa shape index (κ1) is 12.1. The predicted molar refractivity (Wildman–Crippen MR) is 79.9 cm³/mol. The van der Waals surface area contributed by atoms with Gasteiger partial charge in [-0.05, 0) is 49.2 Å². The zero-order valence-corrected chi connectivity index (χ0v) is 11.6. The Balaban J connectivity index is 1.89. The van der Waals surface area contributed by atoms with Crippen LogP contribution in [-0.4, -0.2) is 15.0 Å². The lowest BCUT2D eigenvalue weighted by molar-refractivity contribution is 0.917. The molecule has 0 atom stereocenters. The van der Waals surface area contributed by atoms with Gasteiger partial charge in [0.05, 0.1) is 5.52 Å². The molecule has 0 amide bonds. The van der Waals surface area contributed by atoms with Crippen LogP contribution in [0.15, 0.2) is 36.7 Å². The minimum Gasteiger partial charge on any atom is -0.337 e. The van der Waals surface area contributed by atoms with Crippen molar-refractivity contribution in [1.29, 1.82) is 0 Å². The van der Waals surface area contributed by atoms with Crippen LogP contribution < -0.4 is 0 Å².